The average Bonchev–Trinajstić information content (AvgIpc) is 3.37. The number of amides is 2. The third-order valence-electron chi connectivity index (χ3n) is 6.13. The maximum absolute atomic E-state index is 14.5. The van der Waals surface area contributed by atoms with Crippen LogP contribution in [0.1, 0.15) is 21.5 Å². The number of carbonyl (C=O) groups is 2. The second-order valence-corrected chi connectivity index (χ2v) is 11.9. The summed E-state index contributed by atoms with van der Waals surface area (Å²) in [7, 11) is -1.29. The number of nitrogens with zero attached hydrogens (tertiary/aromatic N) is 1. The summed E-state index contributed by atoms with van der Waals surface area (Å²) in [6, 6.07) is 11.3. The third kappa shape index (κ3) is 6.40. The van der Waals surface area contributed by atoms with E-state index in [2.05, 4.69) is 15.2 Å². The predicted molar refractivity (Wildman–Crippen MR) is 149 cm³/mol. The SMILES string of the molecule is CS(CCNC(=O)c1ccc(C2=CC(c3cc(Cl)c(Cl)c(Cl)c3)(C(F)(F)F)ON2)c2ccccc12)=NC(=O)C(F)(F)F. The molecule has 0 aromatic heterocycles. The minimum atomic E-state index is -5.07. The zero-order valence-electron chi connectivity index (χ0n) is 21.1. The van der Waals surface area contributed by atoms with Gasteiger partial charge < -0.3 is 5.32 Å². The van der Waals surface area contributed by atoms with Crippen LogP contribution in [0.15, 0.2) is 59.0 Å². The molecule has 0 radical (unpaired) electrons. The van der Waals surface area contributed by atoms with E-state index >= 15 is 0 Å². The van der Waals surface area contributed by atoms with Crippen LogP contribution in [0.4, 0.5) is 26.3 Å². The molecule has 2 amide bonds. The molecule has 1 aliphatic heterocycles. The van der Waals surface area contributed by atoms with Gasteiger partial charge in [0.05, 0.1) is 20.8 Å². The molecule has 0 aliphatic carbocycles. The normalized spacial score (nSPS) is 18.1. The van der Waals surface area contributed by atoms with Crippen molar-refractivity contribution in [2.24, 2.45) is 4.36 Å². The summed E-state index contributed by atoms with van der Waals surface area (Å²) in [5, 5.41) is 2.82. The van der Waals surface area contributed by atoms with Gasteiger partial charge in [-0.3, -0.25) is 19.9 Å². The maximum Gasteiger partial charge on any atom is 0.474 e. The molecular formula is C26H18Cl3F6N3O3S. The van der Waals surface area contributed by atoms with E-state index in [1.165, 1.54) is 18.4 Å². The number of benzene rings is 3. The number of alkyl halides is 6. The second kappa shape index (κ2) is 12.0. The van der Waals surface area contributed by atoms with Crippen molar-refractivity contribution in [3.63, 3.8) is 0 Å². The number of hydrogen-bond donors (Lipinski definition) is 2. The second-order valence-electron chi connectivity index (χ2n) is 8.91. The molecule has 16 heteroatoms. The molecule has 2 atom stereocenters. The molecule has 0 saturated heterocycles. The van der Waals surface area contributed by atoms with Crippen LogP contribution < -0.4 is 10.8 Å². The van der Waals surface area contributed by atoms with Crippen LogP contribution in [-0.4, -0.2) is 42.7 Å². The van der Waals surface area contributed by atoms with Crippen LogP contribution in [0, 0.1) is 0 Å². The van der Waals surface area contributed by atoms with E-state index in [9.17, 15) is 35.9 Å². The van der Waals surface area contributed by atoms with Gasteiger partial charge in [-0.15, -0.1) is 0 Å². The number of fused-ring (bicyclic) bond motifs is 1. The number of halogens is 9. The van der Waals surface area contributed by atoms with Gasteiger partial charge in [0.25, 0.3) is 5.91 Å². The summed E-state index contributed by atoms with van der Waals surface area (Å²) in [4.78, 5) is 29.1. The van der Waals surface area contributed by atoms with Crippen LogP contribution in [0.3, 0.4) is 0 Å². The predicted octanol–water partition coefficient (Wildman–Crippen LogP) is 7.38. The van der Waals surface area contributed by atoms with Gasteiger partial charge in [-0.25, -0.2) is 0 Å². The minimum absolute atomic E-state index is 0.0179. The number of hydroxylamine groups is 1. The molecule has 3 aromatic carbocycles. The summed E-state index contributed by atoms with van der Waals surface area (Å²) in [6.07, 6.45) is -7.88. The topological polar surface area (TPSA) is 79.8 Å². The molecule has 224 valence electrons. The largest absolute Gasteiger partial charge is 0.474 e. The number of rotatable bonds is 6. The van der Waals surface area contributed by atoms with Crippen molar-refractivity contribution in [2.75, 3.05) is 18.6 Å². The fourth-order valence-electron chi connectivity index (χ4n) is 4.12. The minimum Gasteiger partial charge on any atom is -0.351 e. The lowest BCUT2D eigenvalue weighted by Crippen LogP contribution is -2.42. The van der Waals surface area contributed by atoms with E-state index in [-0.39, 0.29) is 44.2 Å². The molecule has 1 heterocycles. The van der Waals surface area contributed by atoms with Crippen molar-refractivity contribution in [3.05, 3.63) is 86.4 Å². The van der Waals surface area contributed by atoms with Crippen LogP contribution in [0.5, 0.6) is 0 Å². The lowest BCUT2D eigenvalue weighted by atomic mass is 9.90. The van der Waals surface area contributed by atoms with Gasteiger partial charge in [-0.1, -0.05) is 75.8 Å². The zero-order valence-corrected chi connectivity index (χ0v) is 24.2. The summed E-state index contributed by atoms with van der Waals surface area (Å²) in [6.45, 7) is -0.0793. The average molecular weight is 673 g/mol. The Morgan fingerprint density at radius 1 is 1.00 bits per heavy atom. The molecule has 0 spiro atoms. The lowest BCUT2D eigenvalue weighted by Gasteiger charge is -2.29. The summed E-state index contributed by atoms with van der Waals surface area (Å²) >= 11 is 17.9. The Morgan fingerprint density at radius 2 is 1.62 bits per heavy atom. The smallest absolute Gasteiger partial charge is 0.351 e. The summed E-state index contributed by atoms with van der Waals surface area (Å²) < 4.78 is 83.7. The maximum atomic E-state index is 14.5. The van der Waals surface area contributed by atoms with Crippen LogP contribution in [-0.2, 0) is 25.9 Å². The van der Waals surface area contributed by atoms with E-state index in [1.807, 2.05) is 0 Å². The van der Waals surface area contributed by atoms with Gasteiger partial charge in [0.1, 0.15) is 0 Å². The molecular weight excluding hydrogens is 655 g/mol. The highest BCUT2D eigenvalue weighted by molar-refractivity contribution is 7.86. The summed E-state index contributed by atoms with van der Waals surface area (Å²) in [5.74, 6) is -2.80. The molecule has 2 unspecified atom stereocenters. The fourth-order valence-corrected chi connectivity index (χ4v) is 5.60. The summed E-state index contributed by atoms with van der Waals surface area (Å²) in [5.41, 5.74) is -0.676. The van der Waals surface area contributed by atoms with E-state index < -0.39 is 46.0 Å². The van der Waals surface area contributed by atoms with Crippen LogP contribution in [0.2, 0.25) is 15.1 Å². The highest BCUT2D eigenvalue weighted by atomic mass is 35.5. The standard InChI is InChI=1S/C26H18Cl3F6N3O3S/c1-42(38-23(40)25(30,31)32)9-8-36-22(39)17-7-6-16(14-4-2-3-5-15(14)17)20-12-24(41-37-20,26(33,34)35)13-10-18(27)21(29)19(28)11-13/h2-7,10-12,37H,8-9H2,1H3,(H,36,39). The van der Waals surface area contributed by atoms with Crippen LogP contribution in [0.25, 0.3) is 16.5 Å². The third-order valence-corrected chi connectivity index (χ3v) is 8.60. The van der Waals surface area contributed by atoms with Crippen molar-refractivity contribution >= 4 is 73.8 Å². The van der Waals surface area contributed by atoms with E-state index in [0.29, 0.717) is 10.8 Å². The molecule has 6 nitrogen and oxygen atoms in total. The van der Waals surface area contributed by atoms with Crippen molar-refractivity contribution < 1.29 is 40.8 Å². The van der Waals surface area contributed by atoms with Crippen molar-refractivity contribution in [1.82, 2.24) is 10.8 Å². The van der Waals surface area contributed by atoms with Gasteiger partial charge in [0.2, 0.25) is 5.60 Å². The molecule has 4 rings (SSSR count). The van der Waals surface area contributed by atoms with E-state index in [0.717, 1.165) is 18.2 Å². The highest BCUT2D eigenvalue weighted by Crippen LogP contribution is 2.49. The Labute approximate surface area is 252 Å². The molecule has 2 N–H and O–H groups in total. The van der Waals surface area contributed by atoms with Crippen LogP contribution >= 0.6 is 34.8 Å². The van der Waals surface area contributed by atoms with E-state index in [4.69, 9.17) is 39.6 Å². The van der Waals surface area contributed by atoms with Gasteiger partial charge in [-0.2, -0.15) is 30.7 Å². The van der Waals surface area contributed by atoms with Gasteiger partial charge in [0.15, 0.2) is 0 Å². The molecule has 0 saturated carbocycles. The van der Waals surface area contributed by atoms with Crippen molar-refractivity contribution in [2.45, 2.75) is 18.0 Å². The lowest BCUT2D eigenvalue weighted by molar-refractivity contribution is -0.269. The first-order valence-electron chi connectivity index (χ1n) is 11.7. The Morgan fingerprint density at radius 3 is 2.21 bits per heavy atom. The number of hydrogen-bond acceptors (Lipinski definition) is 4. The Kier molecular flexibility index (Phi) is 9.20. The Hall–Kier alpha value is -2.84. The molecule has 1 aliphatic rings. The number of nitrogens with one attached hydrogen (secondary N) is 2. The first-order chi connectivity index (χ1) is 19.5. The highest BCUT2D eigenvalue weighted by Gasteiger charge is 2.60. The molecule has 42 heavy (non-hydrogen) atoms. The Balaban J connectivity index is 1.66. The molecule has 0 fully saturated rings. The monoisotopic (exact) mass is 671 g/mol. The first-order valence-corrected chi connectivity index (χ1v) is 14.6. The van der Waals surface area contributed by atoms with Crippen molar-refractivity contribution in [3.8, 4) is 0 Å². The van der Waals surface area contributed by atoms with Crippen molar-refractivity contribution in [1.29, 1.82) is 0 Å². The van der Waals surface area contributed by atoms with E-state index in [1.54, 1.807) is 24.3 Å². The quantitative estimate of drug-likeness (QED) is 0.212. The number of carbonyl (C=O) groups excluding carboxylic acids is 2. The first kappa shape index (κ1) is 32.1. The van der Waals surface area contributed by atoms with Gasteiger partial charge in [0, 0.05) is 29.0 Å². The Bertz CT molecular complexity index is 1620. The van der Waals surface area contributed by atoms with Gasteiger partial charge in [-0.05, 0) is 41.3 Å². The van der Waals surface area contributed by atoms with Gasteiger partial charge >= 0.3 is 18.3 Å². The molecule has 3 aromatic rings. The molecule has 0 bridgehead atoms. The fraction of sp³-hybridized carbons (Fsp3) is 0.231. The zero-order chi connectivity index (χ0) is 31.0.